The molecule has 0 atom stereocenters. The molecule has 1 saturated heterocycles. The van der Waals surface area contributed by atoms with Crippen LogP contribution >= 0.6 is 0 Å². The van der Waals surface area contributed by atoms with E-state index in [1.54, 1.807) is 6.07 Å². The zero-order valence-corrected chi connectivity index (χ0v) is 16.4. The number of piperidine rings is 1. The highest BCUT2D eigenvalue weighted by Crippen LogP contribution is 2.21. The Bertz CT molecular complexity index is 622. The Morgan fingerprint density at radius 2 is 1.88 bits per heavy atom. The smallest absolute Gasteiger partial charge is 0.319 e. The molecule has 0 bridgehead atoms. The number of carbonyl (C=O) groups excluding carboxylic acids is 2. The number of carbonyl (C=O) groups is 2. The fourth-order valence-electron chi connectivity index (χ4n) is 2.90. The molecule has 1 heterocycles. The fourth-order valence-corrected chi connectivity index (χ4v) is 2.90. The summed E-state index contributed by atoms with van der Waals surface area (Å²) in [6.07, 6.45) is 2.47. The predicted octanol–water partition coefficient (Wildman–Crippen LogP) is 3.44. The zero-order chi connectivity index (χ0) is 19.1. The molecule has 0 radical (unpaired) electrons. The Balaban J connectivity index is 1.81. The SMILES string of the molecule is Cc1ccc(NC(=O)C(C)C)cc1NC(=O)NCCN1CCC(C)CC1. The number of benzene rings is 1. The van der Waals surface area contributed by atoms with Crippen LogP contribution in [0.5, 0.6) is 0 Å². The highest BCUT2D eigenvalue weighted by molar-refractivity contribution is 5.94. The molecule has 0 aromatic heterocycles. The first kappa shape index (κ1) is 20.2. The number of amides is 3. The van der Waals surface area contributed by atoms with E-state index in [1.165, 1.54) is 12.8 Å². The van der Waals surface area contributed by atoms with Gasteiger partial charge in [-0.25, -0.2) is 4.79 Å². The van der Waals surface area contributed by atoms with Crippen LogP contribution in [0.4, 0.5) is 16.2 Å². The Kier molecular flexibility index (Phi) is 7.45. The highest BCUT2D eigenvalue weighted by Gasteiger charge is 2.15. The third kappa shape index (κ3) is 6.33. The largest absolute Gasteiger partial charge is 0.337 e. The Morgan fingerprint density at radius 3 is 2.54 bits per heavy atom. The van der Waals surface area contributed by atoms with E-state index in [2.05, 4.69) is 27.8 Å². The molecular weight excluding hydrogens is 328 g/mol. The maximum atomic E-state index is 12.2. The number of anilines is 2. The van der Waals surface area contributed by atoms with Crippen molar-refractivity contribution in [3.05, 3.63) is 23.8 Å². The lowest BCUT2D eigenvalue weighted by Gasteiger charge is -2.30. The topological polar surface area (TPSA) is 73.5 Å². The van der Waals surface area contributed by atoms with Crippen molar-refractivity contribution in [2.24, 2.45) is 11.8 Å². The normalized spacial score (nSPS) is 15.7. The number of urea groups is 1. The van der Waals surface area contributed by atoms with E-state index < -0.39 is 0 Å². The number of nitrogens with zero attached hydrogens (tertiary/aromatic N) is 1. The molecular formula is C20H32N4O2. The van der Waals surface area contributed by atoms with Gasteiger partial charge in [0.05, 0.1) is 0 Å². The standard InChI is InChI=1S/C20H32N4O2/c1-14(2)19(25)22-17-6-5-16(4)18(13-17)23-20(26)21-9-12-24-10-7-15(3)8-11-24/h5-6,13-15H,7-12H2,1-4H3,(H,22,25)(H2,21,23,26). The van der Waals surface area contributed by atoms with Crippen LogP contribution in [-0.2, 0) is 4.79 Å². The molecule has 1 fully saturated rings. The molecule has 2 rings (SSSR count). The number of rotatable bonds is 6. The molecule has 26 heavy (non-hydrogen) atoms. The average molecular weight is 361 g/mol. The van der Waals surface area contributed by atoms with Gasteiger partial charge < -0.3 is 20.9 Å². The lowest BCUT2D eigenvalue weighted by Crippen LogP contribution is -2.40. The van der Waals surface area contributed by atoms with Gasteiger partial charge in [0.2, 0.25) is 5.91 Å². The van der Waals surface area contributed by atoms with Crippen LogP contribution in [0.1, 0.15) is 39.2 Å². The number of nitrogens with one attached hydrogen (secondary N) is 3. The van der Waals surface area contributed by atoms with Crippen LogP contribution in [-0.4, -0.2) is 43.0 Å². The summed E-state index contributed by atoms with van der Waals surface area (Å²) in [6, 6.07) is 5.31. The molecule has 1 aliphatic rings. The van der Waals surface area contributed by atoms with Crippen LogP contribution in [0.15, 0.2) is 18.2 Å². The molecule has 6 nitrogen and oxygen atoms in total. The summed E-state index contributed by atoms with van der Waals surface area (Å²) in [4.78, 5) is 26.4. The number of hydrogen-bond donors (Lipinski definition) is 3. The van der Waals surface area contributed by atoms with Gasteiger partial charge in [0.15, 0.2) is 0 Å². The highest BCUT2D eigenvalue weighted by atomic mass is 16.2. The first-order valence-corrected chi connectivity index (χ1v) is 9.54. The van der Waals surface area contributed by atoms with E-state index in [-0.39, 0.29) is 17.9 Å². The van der Waals surface area contributed by atoms with Crippen molar-refractivity contribution >= 4 is 23.3 Å². The summed E-state index contributed by atoms with van der Waals surface area (Å²) in [6.45, 7) is 11.6. The van der Waals surface area contributed by atoms with E-state index in [4.69, 9.17) is 0 Å². The Morgan fingerprint density at radius 1 is 1.19 bits per heavy atom. The molecule has 144 valence electrons. The van der Waals surface area contributed by atoms with Gasteiger partial charge in [-0.15, -0.1) is 0 Å². The van der Waals surface area contributed by atoms with Gasteiger partial charge in [-0.1, -0.05) is 26.8 Å². The first-order valence-electron chi connectivity index (χ1n) is 9.54. The lowest BCUT2D eigenvalue weighted by molar-refractivity contribution is -0.118. The Hall–Kier alpha value is -2.08. The second-order valence-corrected chi connectivity index (χ2v) is 7.58. The summed E-state index contributed by atoms with van der Waals surface area (Å²) in [5.74, 6) is 0.683. The van der Waals surface area contributed by atoms with Gasteiger partial charge in [-0.3, -0.25) is 4.79 Å². The van der Waals surface area contributed by atoms with E-state index in [9.17, 15) is 9.59 Å². The van der Waals surface area contributed by atoms with E-state index in [0.29, 0.717) is 17.9 Å². The molecule has 1 aromatic carbocycles. The maximum Gasteiger partial charge on any atom is 0.319 e. The molecule has 1 aromatic rings. The number of hydrogen-bond acceptors (Lipinski definition) is 3. The van der Waals surface area contributed by atoms with Crippen molar-refractivity contribution in [1.29, 1.82) is 0 Å². The zero-order valence-electron chi connectivity index (χ0n) is 16.4. The summed E-state index contributed by atoms with van der Waals surface area (Å²) in [5, 5.41) is 8.65. The summed E-state index contributed by atoms with van der Waals surface area (Å²) in [7, 11) is 0. The van der Waals surface area contributed by atoms with Crippen LogP contribution in [0, 0.1) is 18.8 Å². The quantitative estimate of drug-likeness (QED) is 0.727. The van der Waals surface area contributed by atoms with Gasteiger partial charge in [-0.2, -0.15) is 0 Å². The Labute approximate surface area is 156 Å². The van der Waals surface area contributed by atoms with Crippen molar-refractivity contribution in [3.63, 3.8) is 0 Å². The first-order chi connectivity index (χ1) is 12.3. The van der Waals surface area contributed by atoms with Crippen LogP contribution in [0.25, 0.3) is 0 Å². The van der Waals surface area contributed by atoms with Crippen LogP contribution in [0.2, 0.25) is 0 Å². The monoisotopic (exact) mass is 360 g/mol. The molecule has 3 N–H and O–H groups in total. The molecule has 0 aliphatic carbocycles. The fraction of sp³-hybridized carbons (Fsp3) is 0.600. The summed E-state index contributed by atoms with van der Waals surface area (Å²) < 4.78 is 0. The molecule has 6 heteroatoms. The van der Waals surface area contributed by atoms with Crippen molar-refractivity contribution in [2.75, 3.05) is 36.8 Å². The van der Waals surface area contributed by atoms with Gasteiger partial charge in [0, 0.05) is 30.4 Å². The van der Waals surface area contributed by atoms with Gasteiger partial charge in [0.1, 0.15) is 0 Å². The predicted molar refractivity (Wildman–Crippen MR) is 107 cm³/mol. The van der Waals surface area contributed by atoms with Crippen LogP contribution < -0.4 is 16.0 Å². The van der Waals surface area contributed by atoms with Crippen LogP contribution in [0.3, 0.4) is 0 Å². The van der Waals surface area contributed by atoms with E-state index in [0.717, 1.165) is 31.1 Å². The van der Waals surface area contributed by atoms with Gasteiger partial charge in [-0.05, 0) is 56.5 Å². The van der Waals surface area contributed by atoms with E-state index in [1.807, 2.05) is 32.9 Å². The molecule has 1 aliphatic heterocycles. The molecule has 0 saturated carbocycles. The lowest BCUT2D eigenvalue weighted by atomic mass is 9.99. The number of aryl methyl sites for hydroxylation is 1. The summed E-state index contributed by atoms with van der Waals surface area (Å²) >= 11 is 0. The number of likely N-dealkylation sites (tertiary alicyclic amines) is 1. The summed E-state index contributed by atoms with van der Waals surface area (Å²) in [5.41, 5.74) is 2.34. The average Bonchev–Trinajstić information content (AvgIpc) is 2.59. The molecule has 0 spiro atoms. The van der Waals surface area contributed by atoms with Crippen molar-refractivity contribution < 1.29 is 9.59 Å². The minimum Gasteiger partial charge on any atom is -0.337 e. The second kappa shape index (κ2) is 9.57. The van der Waals surface area contributed by atoms with Crippen molar-refractivity contribution in [1.82, 2.24) is 10.2 Å². The van der Waals surface area contributed by atoms with Gasteiger partial charge >= 0.3 is 6.03 Å². The molecule has 0 unspecified atom stereocenters. The third-order valence-electron chi connectivity index (χ3n) is 4.87. The second-order valence-electron chi connectivity index (χ2n) is 7.58. The minimum atomic E-state index is -0.217. The van der Waals surface area contributed by atoms with Crippen molar-refractivity contribution in [3.8, 4) is 0 Å². The van der Waals surface area contributed by atoms with Gasteiger partial charge in [0.25, 0.3) is 0 Å². The van der Waals surface area contributed by atoms with E-state index >= 15 is 0 Å². The third-order valence-corrected chi connectivity index (χ3v) is 4.87. The maximum absolute atomic E-state index is 12.2. The minimum absolute atomic E-state index is 0.0416. The molecule has 3 amide bonds. The van der Waals surface area contributed by atoms with Crippen molar-refractivity contribution in [2.45, 2.75) is 40.5 Å².